The molecule has 1 aromatic rings. The molecule has 2 N–H and O–H groups in total. The first kappa shape index (κ1) is 24.7. The topological polar surface area (TPSA) is 61.4 Å². The molecule has 1 saturated heterocycles. The molecule has 0 bridgehead atoms. The Kier molecular flexibility index (Phi) is 10.9. The molecule has 1 aromatic carbocycles. The highest BCUT2D eigenvalue weighted by atomic mass is 35.5. The zero-order valence-electron chi connectivity index (χ0n) is 17.0. The van der Waals surface area contributed by atoms with Crippen molar-refractivity contribution in [2.45, 2.75) is 46.1 Å². The molecule has 0 spiro atoms. The van der Waals surface area contributed by atoms with Gasteiger partial charge in [-0.15, -0.1) is 12.4 Å². The second-order valence-corrected chi connectivity index (χ2v) is 7.86. The van der Waals surface area contributed by atoms with Gasteiger partial charge in [0.05, 0.1) is 0 Å². The highest BCUT2D eigenvalue weighted by molar-refractivity contribution is 6.30. The minimum atomic E-state index is -0.497. The van der Waals surface area contributed by atoms with Crippen molar-refractivity contribution < 1.29 is 9.59 Å². The molecular formula is C21H33Cl2N3O2. The quantitative estimate of drug-likeness (QED) is 0.660. The van der Waals surface area contributed by atoms with E-state index in [0.29, 0.717) is 16.5 Å². The summed E-state index contributed by atoms with van der Waals surface area (Å²) in [5.74, 6) is 0.508. The molecule has 2 rings (SSSR count). The van der Waals surface area contributed by atoms with Crippen LogP contribution >= 0.6 is 24.0 Å². The van der Waals surface area contributed by atoms with Gasteiger partial charge in [0.1, 0.15) is 6.04 Å². The van der Waals surface area contributed by atoms with Crippen LogP contribution < -0.4 is 10.6 Å². The van der Waals surface area contributed by atoms with Crippen molar-refractivity contribution in [3.8, 4) is 0 Å². The van der Waals surface area contributed by atoms with Crippen LogP contribution in [0.4, 0.5) is 0 Å². The highest BCUT2D eigenvalue weighted by Crippen LogP contribution is 2.20. The van der Waals surface area contributed by atoms with Crippen molar-refractivity contribution >= 4 is 35.8 Å². The third kappa shape index (κ3) is 6.94. The fourth-order valence-corrected chi connectivity index (χ4v) is 3.54. The molecule has 0 radical (unpaired) electrons. The van der Waals surface area contributed by atoms with Crippen molar-refractivity contribution in [2.75, 3.05) is 26.2 Å². The summed E-state index contributed by atoms with van der Waals surface area (Å²) < 4.78 is 0. The van der Waals surface area contributed by atoms with Crippen molar-refractivity contribution in [1.29, 1.82) is 0 Å². The fourth-order valence-electron chi connectivity index (χ4n) is 3.41. The Hall–Kier alpha value is -1.30. The van der Waals surface area contributed by atoms with E-state index >= 15 is 0 Å². The average molecular weight is 430 g/mol. The number of amides is 2. The number of benzene rings is 1. The third-order valence-corrected chi connectivity index (χ3v) is 5.73. The minimum absolute atomic E-state index is 0. The van der Waals surface area contributed by atoms with Crippen molar-refractivity contribution in [1.82, 2.24) is 15.5 Å². The smallest absolute Gasteiger partial charge is 0.251 e. The summed E-state index contributed by atoms with van der Waals surface area (Å²) in [5, 5.41) is 6.94. The number of halogens is 2. The normalized spacial score (nSPS) is 16.8. The molecule has 158 valence electrons. The Balaban J connectivity index is 0.00000392. The van der Waals surface area contributed by atoms with Crippen LogP contribution in [0.5, 0.6) is 0 Å². The summed E-state index contributed by atoms with van der Waals surface area (Å²) in [6.07, 6.45) is 2.85. The molecule has 1 aliphatic rings. The Morgan fingerprint density at radius 1 is 1.18 bits per heavy atom. The lowest BCUT2D eigenvalue weighted by molar-refractivity contribution is -0.135. The monoisotopic (exact) mass is 429 g/mol. The molecule has 2 amide bonds. The molecule has 0 aliphatic carbocycles. The Morgan fingerprint density at radius 2 is 1.79 bits per heavy atom. The van der Waals surface area contributed by atoms with Crippen molar-refractivity contribution in [3.63, 3.8) is 0 Å². The van der Waals surface area contributed by atoms with E-state index in [0.717, 1.165) is 45.4 Å². The molecule has 1 heterocycles. The fraction of sp³-hybridized carbons (Fsp3) is 0.619. The van der Waals surface area contributed by atoms with Gasteiger partial charge in [-0.1, -0.05) is 38.8 Å². The maximum atomic E-state index is 13.1. The molecule has 2 unspecified atom stereocenters. The summed E-state index contributed by atoms with van der Waals surface area (Å²) in [5.41, 5.74) is 0.518. The van der Waals surface area contributed by atoms with Gasteiger partial charge >= 0.3 is 0 Å². The average Bonchev–Trinajstić information content (AvgIpc) is 2.70. The van der Waals surface area contributed by atoms with Crippen LogP contribution in [-0.2, 0) is 4.79 Å². The van der Waals surface area contributed by atoms with Gasteiger partial charge in [0.2, 0.25) is 5.91 Å². The van der Waals surface area contributed by atoms with E-state index in [4.69, 9.17) is 11.6 Å². The second-order valence-electron chi connectivity index (χ2n) is 7.42. The Labute approximate surface area is 180 Å². The number of carbonyl (C=O) groups is 2. The van der Waals surface area contributed by atoms with Gasteiger partial charge in [0.15, 0.2) is 0 Å². The molecule has 0 aromatic heterocycles. The maximum Gasteiger partial charge on any atom is 0.251 e. The van der Waals surface area contributed by atoms with Gasteiger partial charge in [-0.2, -0.15) is 0 Å². The minimum Gasteiger partial charge on any atom is -0.341 e. The van der Waals surface area contributed by atoms with Crippen LogP contribution in [-0.4, -0.2) is 48.9 Å². The molecule has 1 fully saturated rings. The van der Waals surface area contributed by atoms with Crippen LogP contribution in [0.15, 0.2) is 24.3 Å². The van der Waals surface area contributed by atoms with Gasteiger partial charge in [-0.05, 0) is 62.0 Å². The van der Waals surface area contributed by atoms with E-state index in [9.17, 15) is 9.59 Å². The van der Waals surface area contributed by atoms with Crippen LogP contribution in [0.3, 0.4) is 0 Å². The first-order valence-electron chi connectivity index (χ1n) is 10.0. The molecule has 0 saturated carbocycles. The van der Waals surface area contributed by atoms with Crippen molar-refractivity contribution in [3.05, 3.63) is 34.9 Å². The number of piperidine rings is 1. The third-order valence-electron chi connectivity index (χ3n) is 5.48. The van der Waals surface area contributed by atoms with Crippen molar-refractivity contribution in [2.24, 2.45) is 11.8 Å². The summed E-state index contributed by atoms with van der Waals surface area (Å²) in [4.78, 5) is 27.6. The molecule has 5 nitrogen and oxygen atoms in total. The lowest BCUT2D eigenvalue weighted by Crippen LogP contribution is -2.53. The number of rotatable bonds is 8. The van der Waals surface area contributed by atoms with E-state index in [1.807, 2.05) is 18.7 Å². The number of carbonyl (C=O) groups excluding carboxylic acids is 2. The molecule has 7 heteroatoms. The molecule has 2 atom stereocenters. The number of nitrogens with zero attached hydrogens (tertiary/aromatic N) is 1. The van der Waals surface area contributed by atoms with E-state index in [2.05, 4.69) is 17.6 Å². The van der Waals surface area contributed by atoms with E-state index < -0.39 is 6.04 Å². The van der Waals surface area contributed by atoms with Gasteiger partial charge in [-0.3, -0.25) is 9.59 Å². The van der Waals surface area contributed by atoms with Gasteiger partial charge in [0, 0.05) is 23.7 Å². The van der Waals surface area contributed by atoms with Crippen LogP contribution in [0.25, 0.3) is 0 Å². The SMILES string of the molecule is CCNCC1CCN(C(=O)C(NC(=O)c2ccc(Cl)cc2)C(C)CC)CC1.Cl. The largest absolute Gasteiger partial charge is 0.341 e. The van der Waals surface area contributed by atoms with E-state index in [1.165, 1.54) is 0 Å². The standard InChI is InChI=1S/C21H32ClN3O2.ClH/c1-4-15(3)19(24-20(26)17-6-8-18(22)9-7-17)21(27)25-12-10-16(11-13-25)14-23-5-2;/h6-9,15-16,19,23H,4-5,10-14H2,1-3H3,(H,24,26);1H. The second kappa shape index (κ2) is 12.3. The maximum absolute atomic E-state index is 13.1. The van der Waals surface area contributed by atoms with Gasteiger partial charge in [0.25, 0.3) is 5.91 Å². The van der Waals surface area contributed by atoms with Crippen LogP contribution in [0.1, 0.15) is 50.4 Å². The summed E-state index contributed by atoms with van der Waals surface area (Å²) in [6.45, 7) is 9.69. The predicted octanol–water partition coefficient (Wildman–Crippen LogP) is 3.75. The summed E-state index contributed by atoms with van der Waals surface area (Å²) in [6, 6.07) is 6.24. The van der Waals surface area contributed by atoms with Gasteiger partial charge < -0.3 is 15.5 Å². The first-order chi connectivity index (χ1) is 13.0. The van der Waals surface area contributed by atoms with Crippen LogP contribution in [0.2, 0.25) is 5.02 Å². The number of likely N-dealkylation sites (tertiary alicyclic amines) is 1. The van der Waals surface area contributed by atoms with Gasteiger partial charge in [-0.25, -0.2) is 0 Å². The highest BCUT2D eigenvalue weighted by Gasteiger charge is 2.32. The number of hydrogen-bond acceptors (Lipinski definition) is 3. The van der Waals surface area contributed by atoms with Crippen LogP contribution in [0, 0.1) is 11.8 Å². The zero-order valence-corrected chi connectivity index (χ0v) is 18.6. The molecule has 1 aliphatic heterocycles. The summed E-state index contributed by atoms with van der Waals surface area (Å²) in [7, 11) is 0. The Morgan fingerprint density at radius 3 is 2.32 bits per heavy atom. The number of hydrogen-bond donors (Lipinski definition) is 2. The van der Waals surface area contributed by atoms with E-state index in [1.54, 1.807) is 24.3 Å². The lowest BCUT2D eigenvalue weighted by Gasteiger charge is -2.36. The lowest BCUT2D eigenvalue weighted by atomic mass is 9.93. The predicted molar refractivity (Wildman–Crippen MR) is 117 cm³/mol. The molecule has 28 heavy (non-hydrogen) atoms. The Bertz CT molecular complexity index is 617. The first-order valence-corrected chi connectivity index (χ1v) is 10.4. The summed E-state index contributed by atoms with van der Waals surface area (Å²) >= 11 is 5.89. The number of nitrogens with one attached hydrogen (secondary N) is 2. The zero-order chi connectivity index (χ0) is 19.8. The van der Waals surface area contributed by atoms with E-state index in [-0.39, 0.29) is 30.1 Å². The molecular weight excluding hydrogens is 397 g/mol.